The number of amides is 1. The topological polar surface area (TPSA) is 86.1 Å². The third-order valence-electron chi connectivity index (χ3n) is 5.07. The molecule has 0 aliphatic carbocycles. The molecule has 1 aromatic heterocycles. The normalized spacial score (nSPS) is 11.0. The summed E-state index contributed by atoms with van der Waals surface area (Å²) in [6.45, 7) is 6.23. The fourth-order valence-electron chi connectivity index (χ4n) is 3.47. The van der Waals surface area contributed by atoms with E-state index in [9.17, 15) is 9.59 Å². The highest BCUT2D eigenvalue weighted by atomic mass is 35.5. The predicted molar refractivity (Wildman–Crippen MR) is 135 cm³/mol. The number of halogens is 1. The van der Waals surface area contributed by atoms with Gasteiger partial charge in [0.2, 0.25) is 5.91 Å². The Kier molecular flexibility index (Phi) is 9.12. The van der Waals surface area contributed by atoms with Gasteiger partial charge in [0.25, 0.3) is 0 Å². The number of thioether (sulfide) groups is 1. The first-order valence-electron chi connectivity index (χ1n) is 11.1. The maximum Gasteiger partial charge on any atom is 0.216 e. The van der Waals surface area contributed by atoms with Gasteiger partial charge in [0, 0.05) is 25.5 Å². The van der Waals surface area contributed by atoms with Crippen LogP contribution in [0.1, 0.15) is 42.5 Å². The van der Waals surface area contributed by atoms with Crippen LogP contribution in [-0.4, -0.2) is 45.9 Å². The number of hydrogen-bond donors (Lipinski definition) is 1. The molecule has 9 heteroatoms. The molecule has 1 N–H and O–H groups in total. The third kappa shape index (κ3) is 6.84. The molecule has 34 heavy (non-hydrogen) atoms. The highest BCUT2D eigenvalue weighted by Crippen LogP contribution is 2.30. The molecule has 3 aromatic rings. The monoisotopic (exact) mass is 500 g/mol. The van der Waals surface area contributed by atoms with Crippen molar-refractivity contribution < 1.29 is 14.3 Å². The van der Waals surface area contributed by atoms with Gasteiger partial charge < -0.3 is 10.1 Å². The second-order valence-corrected chi connectivity index (χ2v) is 9.64. The number of rotatable bonds is 11. The maximum atomic E-state index is 12.8. The lowest BCUT2D eigenvalue weighted by molar-refractivity contribution is -0.118. The van der Waals surface area contributed by atoms with Crippen LogP contribution in [0.25, 0.3) is 5.69 Å². The van der Waals surface area contributed by atoms with Crippen molar-refractivity contribution in [2.24, 2.45) is 5.92 Å². The molecule has 3 rings (SSSR count). The van der Waals surface area contributed by atoms with Crippen LogP contribution >= 0.6 is 23.4 Å². The zero-order valence-corrected chi connectivity index (χ0v) is 21.4. The van der Waals surface area contributed by atoms with Gasteiger partial charge in [-0.1, -0.05) is 61.5 Å². The average molecular weight is 501 g/mol. The molecule has 0 fully saturated rings. The predicted octanol–water partition coefficient (Wildman–Crippen LogP) is 4.78. The van der Waals surface area contributed by atoms with Gasteiger partial charge in [0.05, 0.1) is 23.6 Å². The van der Waals surface area contributed by atoms with Gasteiger partial charge >= 0.3 is 0 Å². The summed E-state index contributed by atoms with van der Waals surface area (Å²) in [6.07, 6.45) is 1.46. The number of ether oxygens (including phenoxy) is 1. The number of carbonyl (C=O) groups excluding carboxylic acids is 2. The summed E-state index contributed by atoms with van der Waals surface area (Å²) in [4.78, 5) is 24.1. The van der Waals surface area contributed by atoms with Gasteiger partial charge in [-0.2, -0.15) is 0 Å². The van der Waals surface area contributed by atoms with Crippen molar-refractivity contribution >= 4 is 35.1 Å². The standard InChI is InChI=1S/C25H29ClN4O3S/c1-16(2)13-18-5-7-19(8-6-18)22(32)15-34-25-29-28-24(11-12-27-17(3)31)30(25)20-9-10-23(33-4)21(26)14-20/h5-10,14,16H,11-13,15H2,1-4H3,(H,27,31). The van der Waals surface area contributed by atoms with Crippen molar-refractivity contribution in [2.75, 3.05) is 19.4 Å². The number of nitrogens with one attached hydrogen (secondary N) is 1. The summed E-state index contributed by atoms with van der Waals surface area (Å²) in [5.41, 5.74) is 2.64. The van der Waals surface area contributed by atoms with Gasteiger partial charge in [-0.3, -0.25) is 14.2 Å². The van der Waals surface area contributed by atoms with E-state index in [1.54, 1.807) is 19.2 Å². The first-order valence-corrected chi connectivity index (χ1v) is 12.4. The van der Waals surface area contributed by atoms with E-state index in [-0.39, 0.29) is 17.4 Å². The van der Waals surface area contributed by atoms with Gasteiger partial charge in [0.15, 0.2) is 10.9 Å². The van der Waals surface area contributed by atoms with E-state index < -0.39 is 0 Å². The zero-order valence-electron chi connectivity index (χ0n) is 19.8. The van der Waals surface area contributed by atoms with E-state index in [0.29, 0.717) is 46.2 Å². The second-order valence-electron chi connectivity index (χ2n) is 8.29. The van der Waals surface area contributed by atoms with Crippen LogP contribution in [0.2, 0.25) is 5.02 Å². The summed E-state index contributed by atoms with van der Waals surface area (Å²) in [6, 6.07) is 13.2. The molecular weight excluding hydrogens is 472 g/mol. The minimum Gasteiger partial charge on any atom is -0.495 e. The number of carbonyl (C=O) groups is 2. The Morgan fingerprint density at radius 2 is 1.88 bits per heavy atom. The maximum absolute atomic E-state index is 12.8. The fourth-order valence-corrected chi connectivity index (χ4v) is 4.59. The van der Waals surface area contributed by atoms with Crippen molar-refractivity contribution in [2.45, 2.75) is 38.8 Å². The van der Waals surface area contributed by atoms with Crippen LogP contribution in [0.3, 0.4) is 0 Å². The molecule has 0 bridgehead atoms. The summed E-state index contributed by atoms with van der Waals surface area (Å²) < 4.78 is 7.11. The fraction of sp³-hybridized carbons (Fsp3) is 0.360. The van der Waals surface area contributed by atoms with Crippen LogP contribution in [0.4, 0.5) is 0 Å². The number of aromatic nitrogens is 3. The molecular formula is C25H29ClN4O3S. The van der Waals surface area contributed by atoms with E-state index in [0.717, 1.165) is 12.1 Å². The molecule has 0 unspecified atom stereocenters. The Morgan fingerprint density at radius 3 is 2.50 bits per heavy atom. The number of ketones is 1. The van der Waals surface area contributed by atoms with Crippen LogP contribution in [0.15, 0.2) is 47.6 Å². The number of Topliss-reactive ketones (excluding diaryl/α,β-unsaturated/α-hetero) is 1. The first kappa shape index (κ1) is 25.8. The van der Waals surface area contributed by atoms with E-state index in [1.165, 1.54) is 24.2 Å². The summed E-state index contributed by atoms with van der Waals surface area (Å²) in [5, 5.41) is 12.4. The van der Waals surface area contributed by atoms with Gasteiger partial charge in [-0.15, -0.1) is 10.2 Å². The lowest BCUT2D eigenvalue weighted by Crippen LogP contribution is -2.23. The largest absolute Gasteiger partial charge is 0.495 e. The number of methoxy groups -OCH3 is 1. The quantitative estimate of drug-likeness (QED) is 0.301. The van der Waals surface area contributed by atoms with Gasteiger partial charge in [0.1, 0.15) is 11.6 Å². The molecule has 0 spiro atoms. The minimum absolute atomic E-state index is 0.0169. The summed E-state index contributed by atoms with van der Waals surface area (Å²) in [5.74, 6) is 1.90. The zero-order chi connectivity index (χ0) is 24.7. The number of hydrogen-bond acceptors (Lipinski definition) is 6. The lowest BCUT2D eigenvalue weighted by Gasteiger charge is -2.12. The first-order chi connectivity index (χ1) is 16.3. The Hall–Kier alpha value is -2.84. The van der Waals surface area contributed by atoms with Crippen LogP contribution in [-0.2, 0) is 17.6 Å². The Morgan fingerprint density at radius 1 is 1.15 bits per heavy atom. The molecule has 0 atom stereocenters. The molecule has 180 valence electrons. The van der Waals surface area contributed by atoms with Crippen LogP contribution in [0.5, 0.6) is 5.75 Å². The van der Waals surface area contributed by atoms with Crippen LogP contribution in [0, 0.1) is 5.92 Å². The second kappa shape index (κ2) is 12.0. The molecule has 0 saturated heterocycles. The van der Waals surface area contributed by atoms with Gasteiger partial charge in [-0.25, -0.2) is 0 Å². The molecule has 0 radical (unpaired) electrons. The molecule has 7 nitrogen and oxygen atoms in total. The van der Waals surface area contributed by atoms with E-state index in [2.05, 4.69) is 29.4 Å². The number of benzene rings is 2. The highest BCUT2D eigenvalue weighted by molar-refractivity contribution is 7.99. The Labute approximate surface area is 209 Å². The molecule has 0 aliphatic rings. The Bertz CT molecular complexity index is 1150. The molecule has 0 aliphatic heterocycles. The number of nitrogens with zero attached hydrogens (tertiary/aromatic N) is 3. The summed E-state index contributed by atoms with van der Waals surface area (Å²) in [7, 11) is 1.56. The van der Waals surface area contributed by atoms with E-state index in [4.69, 9.17) is 16.3 Å². The Balaban J connectivity index is 1.80. The van der Waals surface area contributed by atoms with Crippen molar-refractivity contribution in [3.8, 4) is 11.4 Å². The molecule has 1 heterocycles. The van der Waals surface area contributed by atoms with E-state index in [1.807, 2.05) is 34.9 Å². The van der Waals surface area contributed by atoms with E-state index >= 15 is 0 Å². The summed E-state index contributed by atoms with van der Waals surface area (Å²) >= 11 is 7.67. The molecule has 2 aromatic carbocycles. The smallest absolute Gasteiger partial charge is 0.216 e. The van der Waals surface area contributed by atoms with Crippen molar-refractivity contribution in [1.82, 2.24) is 20.1 Å². The molecule has 0 saturated carbocycles. The highest BCUT2D eigenvalue weighted by Gasteiger charge is 2.18. The minimum atomic E-state index is -0.113. The SMILES string of the molecule is COc1ccc(-n2c(CCNC(C)=O)nnc2SCC(=O)c2ccc(CC(C)C)cc2)cc1Cl. The van der Waals surface area contributed by atoms with Crippen LogP contribution < -0.4 is 10.1 Å². The lowest BCUT2D eigenvalue weighted by atomic mass is 10.0. The average Bonchev–Trinajstić information content (AvgIpc) is 3.20. The third-order valence-corrected chi connectivity index (χ3v) is 6.29. The van der Waals surface area contributed by atoms with Crippen molar-refractivity contribution in [3.05, 3.63) is 64.4 Å². The van der Waals surface area contributed by atoms with Crippen molar-refractivity contribution in [1.29, 1.82) is 0 Å². The van der Waals surface area contributed by atoms with Crippen molar-refractivity contribution in [3.63, 3.8) is 0 Å². The van der Waals surface area contributed by atoms with Gasteiger partial charge in [-0.05, 0) is 36.1 Å². The molecule has 1 amide bonds.